The van der Waals surface area contributed by atoms with E-state index in [0.717, 1.165) is 88.7 Å². The maximum absolute atomic E-state index is 13.7. The molecule has 0 fully saturated rings. The van der Waals surface area contributed by atoms with Crippen molar-refractivity contribution in [2.75, 3.05) is 26.9 Å². The molecule has 0 bridgehead atoms. The molecule has 2 aliphatic carbocycles. The topological polar surface area (TPSA) is 65.1 Å². The molecule has 1 aliphatic heterocycles. The SMILES string of the molecule is CCOc1cc(C2C3=C(CCCC3=O)N(CCCOC)C3=C2C(=O)CCC3)cc(Cl)c1OCc1c(C)ccc2ccccc12. The van der Waals surface area contributed by atoms with Crippen molar-refractivity contribution in [1.82, 2.24) is 4.90 Å². The molecule has 0 unspecified atom stereocenters. The molecule has 44 heavy (non-hydrogen) atoms. The van der Waals surface area contributed by atoms with E-state index in [4.69, 9.17) is 25.8 Å². The van der Waals surface area contributed by atoms with Gasteiger partial charge >= 0.3 is 0 Å². The van der Waals surface area contributed by atoms with Crippen molar-refractivity contribution in [2.45, 2.75) is 71.3 Å². The van der Waals surface area contributed by atoms with Crippen LogP contribution in [0.2, 0.25) is 5.02 Å². The summed E-state index contributed by atoms with van der Waals surface area (Å²) in [5.74, 6) is 0.740. The fourth-order valence-electron chi connectivity index (χ4n) is 7.13. The lowest BCUT2D eigenvalue weighted by Gasteiger charge is -2.44. The van der Waals surface area contributed by atoms with Gasteiger partial charge in [-0.05, 0) is 80.0 Å². The summed E-state index contributed by atoms with van der Waals surface area (Å²) in [6.45, 7) is 6.10. The average molecular weight is 614 g/mol. The Labute approximate surface area is 264 Å². The molecule has 230 valence electrons. The summed E-state index contributed by atoms with van der Waals surface area (Å²) >= 11 is 7.02. The summed E-state index contributed by atoms with van der Waals surface area (Å²) < 4.78 is 17.9. The predicted octanol–water partition coefficient (Wildman–Crippen LogP) is 8.23. The minimum absolute atomic E-state index is 0.110. The van der Waals surface area contributed by atoms with E-state index < -0.39 is 5.92 Å². The molecule has 0 atom stereocenters. The van der Waals surface area contributed by atoms with Gasteiger partial charge in [-0.25, -0.2) is 0 Å². The third kappa shape index (κ3) is 5.66. The van der Waals surface area contributed by atoms with Gasteiger partial charge in [-0.1, -0.05) is 48.0 Å². The zero-order valence-electron chi connectivity index (χ0n) is 25.8. The van der Waals surface area contributed by atoms with Gasteiger partial charge in [0.1, 0.15) is 6.61 Å². The van der Waals surface area contributed by atoms with Crippen LogP contribution in [0, 0.1) is 6.92 Å². The number of carbonyl (C=O) groups is 2. The molecule has 0 saturated carbocycles. The Morgan fingerprint density at radius 2 is 1.61 bits per heavy atom. The molecular formula is C37H40ClNO5. The van der Waals surface area contributed by atoms with E-state index in [1.807, 2.05) is 31.2 Å². The first kappa shape index (κ1) is 30.4. The molecule has 3 aromatic carbocycles. The molecule has 0 radical (unpaired) electrons. The third-order valence-corrected chi connectivity index (χ3v) is 9.40. The number of ether oxygens (including phenoxy) is 3. The normalized spacial score (nSPS) is 17.3. The first-order valence-corrected chi connectivity index (χ1v) is 16.2. The van der Waals surface area contributed by atoms with Crippen LogP contribution < -0.4 is 9.47 Å². The number of Topliss-reactive ketones (excluding diaryl/α,β-unsaturated/α-hetero) is 2. The zero-order chi connectivity index (χ0) is 30.8. The Balaban J connectivity index is 1.43. The van der Waals surface area contributed by atoms with Crippen molar-refractivity contribution in [3.63, 3.8) is 0 Å². The maximum Gasteiger partial charge on any atom is 0.180 e. The van der Waals surface area contributed by atoms with Crippen molar-refractivity contribution in [3.8, 4) is 11.5 Å². The van der Waals surface area contributed by atoms with Crippen molar-refractivity contribution >= 4 is 33.9 Å². The van der Waals surface area contributed by atoms with Crippen molar-refractivity contribution in [1.29, 1.82) is 0 Å². The summed E-state index contributed by atoms with van der Waals surface area (Å²) in [6.07, 6.45) is 5.03. The van der Waals surface area contributed by atoms with Crippen LogP contribution >= 0.6 is 11.6 Å². The third-order valence-electron chi connectivity index (χ3n) is 9.12. The lowest BCUT2D eigenvalue weighted by Crippen LogP contribution is -2.39. The summed E-state index contributed by atoms with van der Waals surface area (Å²) in [5.41, 5.74) is 6.61. The zero-order valence-corrected chi connectivity index (χ0v) is 26.6. The summed E-state index contributed by atoms with van der Waals surface area (Å²) in [5, 5.41) is 2.70. The number of benzene rings is 3. The highest BCUT2D eigenvalue weighted by Gasteiger charge is 2.43. The van der Waals surface area contributed by atoms with Gasteiger partial charge in [0.2, 0.25) is 0 Å². The molecule has 0 saturated heterocycles. The molecule has 0 amide bonds. The highest BCUT2D eigenvalue weighted by molar-refractivity contribution is 6.32. The van der Waals surface area contributed by atoms with Gasteiger partial charge in [-0.15, -0.1) is 0 Å². The Kier molecular flexibility index (Phi) is 9.11. The van der Waals surface area contributed by atoms with Crippen LogP contribution in [0.1, 0.15) is 74.5 Å². The lowest BCUT2D eigenvalue weighted by atomic mass is 9.71. The van der Waals surface area contributed by atoms with Gasteiger partial charge in [0, 0.05) is 67.1 Å². The number of carbonyl (C=O) groups excluding carboxylic acids is 2. The summed E-state index contributed by atoms with van der Waals surface area (Å²) in [7, 11) is 1.70. The predicted molar refractivity (Wildman–Crippen MR) is 173 cm³/mol. The Bertz CT molecular complexity index is 1630. The summed E-state index contributed by atoms with van der Waals surface area (Å²) in [4.78, 5) is 29.7. The Morgan fingerprint density at radius 3 is 2.30 bits per heavy atom. The summed E-state index contributed by atoms with van der Waals surface area (Å²) in [6, 6.07) is 16.3. The van der Waals surface area contributed by atoms with Gasteiger partial charge < -0.3 is 19.1 Å². The van der Waals surface area contributed by atoms with Crippen molar-refractivity contribution < 1.29 is 23.8 Å². The molecule has 1 heterocycles. The maximum atomic E-state index is 13.7. The number of aryl methyl sites for hydroxylation is 1. The number of rotatable bonds is 10. The van der Waals surface area contributed by atoms with Gasteiger partial charge in [0.05, 0.1) is 11.6 Å². The van der Waals surface area contributed by atoms with E-state index in [1.165, 1.54) is 0 Å². The minimum Gasteiger partial charge on any atom is -0.490 e. The highest BCUT2D eigenvalue weighted by atomic mass is 35.5. The number of allylic oxidation sites excluding steroid dienone is 4. The molecule has 6 rings (SSSR count). The number of hydrogen-bond donors (Lipinski definition) is 0. The van der Waals surface area contributed by atoms with Crippen LogP contribution in [0.4, 0.5) is 0 Å². The van der Waals surface area contributed by atoms with Gasteiger partial charge in [-0.2, -0.15) is 0 Å². The largest absolute Gasteiger partial charge is 0.490 e. The fraction of sp³-hybridized carbons (Fsp3) is 0.405. The number of fused-ring (bicyclic) bond motifs is 1. The molecule has 6 nitrogen and oxygen atoms in total. The van der Waals surface area contributed by atoms with Gasteiger partial charge in [0.25, 0.3) is 0 Å². The Morgan fingerprint density at radius 1 is 0.909 bits per heavy atom. The van der Waals surface area contributed by atoms with Gasteiger partial charge in [-0.3, -0.25) is 9.59 Å². The average Bonchev–Trinajstić information content (AvgIpc) is 3.02. The second kappa shape index (κ2) is 13.2. The Hall–Kier alpha value is -3.61. The second-order valence-corrected chi connectivity index (χ2v) is 12.2. The molecule has 0 N–H and O–H groups in total. The standard InChI is InChI=1S/C37H40ClNO5/c1-4-43-33-21-25(20-28(38)37(33)44-22-27-23(2)16-17-24-10-5-6-11-26(24)27)34-35-29(12-7-14-31(35)40)39(18-9-19-42-3)30-13-8-15-32(41)36(30)34/h5-6,10-11,16-17,20-21,34H,4,7-9,12-15,18-19,22H2,1-3H3. The minimum atomic E-state index is -0.467. The molecule has 0 aromatic heterocycles. The van der Waals surface area contributed by atoms with Crippen molar-refractivity contribution in [3.05, 3.63) is 92.8 Å². The van der Waals surface area contributed by atoms with E-state index in [-0.39, 0.29) is 11.6 Å². The van der Waals surface area contributed by atoms with Crippen LogP contribution in [-0.4, -0.2) is 43.3 Å². The van der Waals surface area contributed by atoms with Crippen LogP contribution in [0.25, 0.3) is 10.8 Å². The number of nitrogens with zero attached hydrogens (tertiary/aromatic N) is 1. The molecular weight excluding hydrogens is 574 g/mol. The van der Waals surface area contributed by atoms with E-state index in [0.29, 0.717) is 49.2 Å². The molecule has 3 aromatic rings. The highest BCUT2D eigenvalue weighted by Crippen LogP contribution is 2.51. The first-order chi connectivity index (χ1) is 21.4. The second-order valence-electron chi connectivity index (χ2n) is 11.8. The first-order valence-electron chi connectivity index (χ1n) is 15.8. The van der Waals surface area contributed by atoms with Crippen LogP contribution in [0.15, 0.2) is 71.1 Å². The van der Waals surface area contributed by atoms with Gasteiger partial charge in [0.15, 0.2) is 23.1 Å². The smallest absolute Gasteiger partial charge is 0.180 e. The van der Waals surface area contributed by atoms with Crippen LogP contribution in [0.3, 0.4) is 0 Å². The van der Waals surface area contributed by atoms with Crippen LogP contribution in [0.5, 0.6) is 11.5 Å². The number of hydrogen-bond acceptors (Lipinski definition) is 6. The lowest BCUT2D eigenvalue weighted by molar-refractivity contribution is -0.117. The fourth-order valence-corrected chi connectivity index (χ4v) is 7.40. The molecule has 0 spiro atoms. The molecule has 3 aliphatic rings. The number of ketones is 2. The number of halogens is 1. The van der Waals surface area contributed by atoms with Crippen molar-refractivity contribution in [2.24, 2.45) is 0 Å². The van der Waals surface area contributed by atoms with Crippen LogP contribution in [-0.2, 0) is 20.9 Å². The molecule has 7 heteroatoms. The quantitative estimate of drug-likeness (QED) is 0.215. The van der Waals surface area contributed by atoms with E-state index in [1.54, 1.807) is 7.11 Å². The monoisotopic (exact) mass is 613 g/mol. The van der Waals surface area contributed by atoms with E-state index in [2.05, 4.69) is 36.1 Å². The van der Waals surface area contributed by atoms with E-state index in [9.17, 15) is 9.59 Å². The van der Waals surface area contributed by atoms with E-state index >= 15 is 0 Å². The number of methoxy groups -OCH3 is 1.